The van der Waals surface area contributed by atoms with Gasteiger partial charge in [-0.1, -0.05) is 13.8 Å². The van der Waals surface area contributed by atoms with Crippen molar-refractivity contribution in [1.29, 1.82) is 0 Å². The topological polar surface area (TPSA) is 32.3 Å². The van der Waals surface area contributed by atoms with Crippen molar-refractivity contribution in [2.24, 2.45) is 11.8 Å². The van der Waals surface area contributed by atoms with Crippen LogP contribution in [0.3, 0.4) is 0 Å². The SMILES string of the molecule is CC(C)CN(CC(F)(F)F)C(=O)CCC1CCCNC1. The zero-order chi connectivity index (χ0) is 15.2. The Labute approximate surface area is 118 Å². The van der Waals surface area contributed by atoms with Crippen LogP contribution in [0.2, 0.25) is 0 Å². The van der Waals surface area contributed by atoms with Gasteiger partial charge in [-0.25, -0.2) is 0 Å². The number of rotatable bonds is 6. The molecule has 0 aliphatic carbocycles. The fourth-order valence-corrected chi connectivity index (χ4v) is 2.57. The quantitative estimate of drug-likeness (QED) is 0.817. The standard InChI is InChI=1S/C14H25F3N2O/c1-11(2)9-19(10-14(15,16)17)13(20)6-5-12-4-3-7-18-8-12/h11-12,18H,3-10H2,1-2H3. The molecule has 1 N–H and O–H groups in total. The number of nitrogens with one attached hydrogen (secondary N) is 1. The van der Waals surface area contributed by atoms with Crippen LogP contribution in [0, 0.1) is 11.8 Å². The molecule has 6 heteroatoms. The Morgan fingerprint density at radius 1 is 1.40 bits per heavy atom. The average Bonchev–Trinajstić information content (AvgIpc) is 2.34. The highest BCUT2D eigenvalue weighted by atomic mass is 19.4. The first-order valence-electron chi connectivity index (χ1n) is 7.33. The van der Waals surface area contributed by atoms with Gasteiger partial charge in [0.25, 0.3) is 0 Å². The molecule has 118 valence electrons. The van der Waals surface area contributed by atoms with E-state index in [4.69, 9.17) is 0 Å². The maximum Gasteiger partial charge on any atom is 0.406 e. The highest BCUT2D eigenvalue weighted by molar-refractivity contribution is 5.76. The normalized spacial score (nSPS) is 20.2. The lowest BCUT2D eigenvalue weighted by Crippen LogP contribution is -2.41. The van der Waals surface area contributed by atoms with E-state index in [1.54, 1.807) is 0 Å². The molecule has 1 rings (SSSR count). The molecule has 0 saturated carbocycles. The van der Waals surface area contributed by atoms with Crippen LogP contribution in [-0.2, 0) is 4.79 Å². The van der Waals surface area contributed by atoms with Crippen LogP contribution in [0.25, 0.3) is 0 Å². The van der Waals surface area contributed by atoms with Crippen LogP contribution in [0.15, 0.2) is 0 Å². The van der Waals surface area contributed by atoms with Crippen molar-refractivity contribution >= 4 is 5.91 Å². The first-order chi connectivity index (χ1) is 9.28. The lowest BCUT2D eigenvalue weighted by atomic mass is 9.94. The molecular formula is C14H25F3N2O. The minimum atomic E-state index is -4.32. The third kappa shape index (κ3) is 7.12. The van der Waals surface area contributed by atoms with E-state index in [1.165, 1.54) is 0 Å². The Morgan fingerprint density at radius 2 is 2.10 bits per heavy atom. The van der Waals surface area contributed by atoms with E-state index in [0.717, 1.165) is 30.8 Å². The van der Waals surface area contributed by atoms with Gasteiger partial charge in [-0.15, -0.1) is 0 Å². The van der Waals surface area contributed by atoms with E-state index < -0.39 is 12.7 Å². The number of hydrogen-bond donors (Lipinski definition) is 1. The molecule has 20 heavy (non-hydrogen) atoms. The minimum Gasteiger partial charge on any atom is -0.333 e. The second-order valence-corrected chi connectivity index (χ2v) is 6.03. The van der Waals surface area contributed by atoms with Crippen molar-refractivity contribution in [3.8, 4) is 0 Å². The largest absolute Gasteiger partial charge is 0.406 e. The summed E-state index contributed by atoms with van der Waals surface area (Å²) < 4.78 is 37.5. The molecule has 0 aromatic heterocycles. The molecule has 1 heterocycles. The van der Waals surface area contributed by atoms with Crippen LogP contribution in [0.5, 0.6) is 0 Å². The van der Waals surface area contributed by atoms with E-state index >= 15 is 0 Å². The van der Waals surface area contributed by atoms with E-state index in [-0.39, 0.29) is 24.8 Å². The van der Waals surface area contributed by atoms with Gasteiger partial charge < -0.3 is 10.2 Å². The highest BCUT2D eigenvalue weighted by Crippen LogP contribution is 2.20. The Hall–Kier alpha value is -0.780. The second kappa shape index (κ2) is 7.86. The van der Waals surface area contributed by atoms with Crippen molar-refractivity contribution in [3.05, 3.63) is 0 Å². The number of piperidine rings is 1. The van der Waals surface area contributed by atoms with E-state index in [0.29, 0.717) is 12.3 Å². The molecule has 0 aromatic carbocycles. The summed E-state index contributed by atoms with van der Waals surface area (Å²) in [5.41, 5.74) is 0. The van der Waals surface area contributed by atoms with Crippen molar-refractivity contribution in [3.63, 3.8) is 0 Å². The summed E-state index contributed by atoms with van der Waals surface area (Å²) in [5.74, 6) is 0.0822. The van der Waals surface area contributed by atoms with Crippen LogP contribution < -0.4 is 5.32 Å². The van der Waals surface area contributed by atoms with Gasteiger partial charge in [-0.3, -0.25) is 4.79 Å². The molecule has 1 unspecified atom stereocenters. The molecule has 0 aromatic rings. The van der Waals surface area contributed by atoms with E-state index in [1.807, 2.05) is 13.8 Å². The zero-order valence-electron chi connectivity index (χ0n) is 12.3. The molecule has 3 nitrogen and oxygen atoms in total. The minimum absolute atomic E-state index is 0.0395. The van der Waals surface area contributed by atoms with Crippen molar-refractivity contribution in [2.75, 3.05) is 26.2 Å². The number of nitrogens with zero attached hydrogens (tertiary/aromatic N) is 1. The van der Waals surface area contributed by atoms with Gasteiger partial charge in [0, 0.05) is 13.0 Å². The Balaban J connectivity index is 2.44. The predicted molar refractivity (Wildman–Crippen MR) is 72.3 cm³/mol. The first kappa shape index (κ1) is 17.3. The van der Waals surface area contributed by atoms with Crippen LogP contribution in [0.4, 0.5) is 13.2 Å². The summed E-state index contributed by atoms with van der Waals surface area (Å²) in [4.78, 5) is 13.0. The lowest BCUT2D eigenvalue weighted by Gasteiger charge is -2.27. The first-order valence-corrected chi connectivity index (χ1v) is 7.33. The summed E-state index contributed by atoms with van der Waals surface area (Å²) >= 11 is 0. The maximum absolute atomic E-state index is 12.5. The molecule has 1 fully saturated rings. The van der Waals surface area contributed by atoms with Gasteiger partial charge in [0.05, 0.1) is 0 Å². The molecule has 1 aliphatic rings. The van der Waals surface area contributed by atoms with Gasteiger partial charge in [-0.2, -0.15) is 13.2 Å². The van der Waals surface area contributed by atoms with E-state index in [2.05, 4.69) is 5.32 Å². The number of halogens is 3. The second-order valence-electron chi connectivity index (χ2n) is 6.03. The van der Waals surface area contributed by atoms with Gasteiger partial charge in [0.15, 0.2) is 0 Å². The summed E-state index contributed by atoms with van der Waals surface area (Å²) in [6, 6.07) is 0. The van der Waals surface area contributed by atoms with Gasteiger partial charge in [0.1, 0.15) is 6.54 Å². The summed E-state index contributed by atoms with van der Waals surface area (Å²) in [7, 11) is 0. The van der Waals surface area contributed by atoms with Gasteiger partial charge in [-0.05, 0) is 44.2 Å². The molecular weight excluding hydrogens is 269 g/mol. The predicted octanol–water partition coefficient (Wildman–Crippen LogP) is 2.81. The van der Waals surface area contributed by atoms with Crippen molar-refractivity contribution in [1.82, 2.24) is 10.2 Å². The number of carbonyl (C=O) groups excluding carboxylic acids is 1. The fraction of sp³-hybridized carbons (Fsp3) is 0.929. The van der Waals surface area contributed by atoms with Gasteiger partial charge in [0.2, 0.25) is 5.91 Å². The third-order valence-electron chi connectivity index (χ3n) is 3.47. The van der Waals surface area contributed by atoms with Crippen LogP contribution >= 0.6 is 0 Å². The fourth-order valence-electron chi connectivity index (χ4n) is 2.57. The molecule has 0 radical (unpaired) electrons. The Morgan fingerprint density at radius 3 is 2.60 bits per heavy atom. The highest BCUT2D eigenvalue weighted by Gasteiger charge is 2.33. The molecule has 1 aliphatic heterocycles. The third-order valence-corrected chi connectivity index (χ3v) is 3.47. The Bertz CT molecular complexity index is 299. The van der Waals surface area contributed by atoms with Crippen molar-refractivity contribution in [2.45, 2.75) is 45.7 Å². The molecule has 1 saturated heterocycles. The maximum atomic E-state index is 12.5. The smallest absolute Gasteiger partial charge is 0.333 e. The molecule has 0 spiro atoms. The molecule has 1 amide bonds. The Kier molecular flexibility index (Phi) is 6.79. The number of carbonyl (C=O) groups is 1. The number of alkyl halides is 3. The molecule has 0 bridgehead atoms. The monoisotopic (exact) mass is 294 g/mol. The summed E-state index contributed by atoms with van der Waals surface area (Å²) in [6.45, 7) is 4.55. The average molecular weight is 294 g/mol. The molecule has 1 atom stereocenters. The summed E-state index contributed by atoms with van der Waals surface area (Å²) in [6.07, 6.45) is -1.29. The van der Waals surface area contributed by atoms with Gasteiger partial charge >= 0.3 is 6.18 Å². The lowest BCUT2D eigenvalue weighted by molar-refractivity contribution is -0.162. The van der Waals surface area contributed by atoms with Crippen LogP contribution in [-0.4, -0.2) is 43.2 Å². The zero-order valence-corrected chi connectivity index (χ0v) is 12.3. The van der Waals surface area contributed by atoms with Crippen LogP contribution in [0.1, 0.15) is 39.5 Å². The summed E-state index contributed by atoms with van der Waals surface area (Å²) in [5, 5.41) is 3.25. The number of hydrogen-bond acceptors (Lipinski definition) is 2. The number of amides is 1. The van der Waals surface area contributed by atoms with Crippen molar-refractivity contribution < 1.29 is 18.0 Å². The van der Waals surface area contributed by atoms with E-state index in [9.17, 15) is 18.0 Å².